The molecule has 1 saturated heterocycles. The van der Waals surface area contributed by atoms with Crippen molar-refractivity contribution in [2.45, 2.75) is 76.3 Å². The second-order valence-corrected chi connectivity index (χ2v) is 11.1. The quantitative estimate of drug-likeness (QED) is 0.309. The van der Waals surface area contributed by atoms with Crippen molar-refractivity contribution in [3.05, 3.63) is 54.8 Å². The lowest BCUT2D eigenvalue weighted by Crippen LogP contribution is -2.39. The molecule has 2 aliphatic heterocycles. The Morgan fingerprint density at radius 3 is 2.76 bits per heavy atom. The lowest BCUT2D eigenvalue weighted by atomic mass is 9.98. The molecule has 0 amide bonds. The second kappa shape index (κ2) is 13.2. The fraction of sp³-hybridized carbons (Fsp3) is 0.500. The number of carbonyl (C=O) groups excluding carboxylic acids is 1. The molecule has 38 heavy (non-hydrogen) atoms. The van der Waals surface area contributed by atoms with Gasteiger partial charge in [-0.1, -0.05) is 37.3 Å². The Morgan fingerprint density at radius 1 is 1.26 bits per heavy atom. The van der Waals surface area contributed by atoms with Crippen molar-refractivity contribution in [1.82, 2.24) is 10.1 Å². The number of nitrogens with zero attached hydrogens (tertiary/aromatic N) is 3. The van der Waals surface area contributed by atoms with Crippen molar-refractivity contribution in [3.63, 3.8) is 0 Å². The summed E-state index contributed by atoms with van der Waals surface area (Å²) in [5.74, 6) is 0.165. The fourth-order valence-electron chi connectivity index (χ4n) is 4.51. The van der Waals surface area contributed by atoms with Crippen molar-refractivity contribution in [2.24, 2.45) is 15.8 Å². The molecule has 1 aliphatic carbocycles. The summed E-state index contributed by atoms with van der Waals surface area (Å²) in [5.41, 5.74) is 6.58. The summed E-state index contributed by atoms with van der Waals surface area (Å²) in [6, 6.07) is 7.76. The summed E-state index contributed by atoms with van der Waals surface area (Å²) in [6.07, 6.45) is 9.93. The molecule has 1 aromatic rings. The third-order valence-electron chi connectivity index (χ3n) is 6.46. The summed E-state index contributed by atoms with van der Waals surface area (Å²) < 4.78 is 37.1. The van der Waals surface area contributed by atoms with Crippen LogP contribution in [0, 0.1) is 0 Å². The molecular weight excluding hydrogens is 509 g/mol. The molecule has 3 aliphatic rings. The number of esters is 1. The smallest absolute Gasteiger partial charge is 0.459 e. The molecule has 1 saturated carbocycles. The van der Waals surface area contributed by atoms with Crippen LogP contribution in [0.1, 0.15) is 51.9 Å². The van der Waals surface area contributed by atoms with E-state index in [9.17, 15) is 9.36 Å². The molecule has 0 bridgehead atoms. The third kappa shape index (κ3) is 7.54. The van der Waals surface area contributed by atoms with Gasteiger partial charge in [0.25, 0.3) is 0 Å². The average Bonchev–Trinajstić information content (AvgIpc) is 3.39. The van der Waals surface area contributed by atoms with E-state index >= 15 is 0 Å². The van der Waals surface area contributed by atoms with Crippen LogP contribution in [0.15, 0.2) is 64.9 Å². The normalized spacial score (nSPS) is 25.4. The average molecular weight is 546 g/mol. The Balaban J connectivity index is 1.38. The van der Waals surface area contributed by atoms with E-state index in [0.717, 1.165) is 32.1 Å². The zero-order valence-corrected chi connectivity index (χ0v) is 22.5. The molecule has 0 radical (unpaired) electrons. The number of hydrogen-bond acceptors (Lipinski definition) is 10. The first kappa shape index (κ1) is 28.0. The summed E-state index contributed by atoms with van der Waals surface area (Å²) in [5, 5.41) is 8.68. The van der Waals surface area contributed by atoms with Crippen LogP contribution in [0.25, 0.3) is 0 Å². The van der Waals surface area contributed by atoms with E-state index in [4.69, 9.17) is 24.3 Å². The van der Waals surface area contributed by atoms with E-state index in [2.05, 4.69) is 21.8 Å². The van der Waals surface area contributed by atoms with E-state index < -0.39 is 26.0 Å². The van der Waals surface area contributed by atoms with Gasteiger partial charge in [0.05, 0.1) is 12.7 Å². The van der Waals surface area contributed by atoms with Crippen molar-refractivity contribution < 1.29 is 27.9 Å². The van der Waals surface area contributed by atoms with Crippen LogP contribution in [-0.4, -0.2) is 54.2 Å². The first-order valence-corrected chi connectivity index (χ1v) is 14.5. The van der Waals surface area contributed by atoms with Crippen molar-refractivity contribution in [3.8, 4) is 5.75 Å². The largest absolute Gasteiger partial charge is 0.461 e. The summed E-state index contributed by atoms with van der Waals surface area (Å²) >= 11 is 0. The molecular formula is C26H36N5O6P. The zero-order valence-electron chi connectivity index (χ0n) is 21.6. The van der Waals surface area contributed by atoms with E-state index in [0.29, 0.717) is 30.1 Å². The molecule has 0 spiro atoms. The zero-order chi connectivity index (χ0) is 27.0. The SMILES string of the molecule is C=C/C=C1/C(N)=NC=NN1[C@H]1CCC(COP(=O)(NC(C)C(=O)OC2CCCCC2)Oc2ccccc2)O1. The molecule has 4 atom stereocenters. The first-order chi connectivity index (χ1) is 18.4. The van der Waals surface area contributed by atoms with Crippen molar-refractivity contribution in [2.75, 3.05) is 6.61 Å². The predicted molar refractivity (Wildman–Crippen MR) is 144 cm³/mol. The maximum absolute atomic E-state index is 13.8. The molecule has 12 heteroatoms. The molecule has 4 rings (SSSR count). The van der Waals surface area contributed by atoms with Gasteiger partial charge >= 0.3 is 13.7 Å². The summed E-state index contributed by atoms with van der Waals surface area (Å²) in [7, 11) is -3.98. The third-order valence-corrected chi connectivity index (χ3v) is 8.10. The van der Waals surface area contributed by atoms with Crippen LogP contribution in [0.2, 0.25) is 0 Å². The van der Waals surface area contributed by atoms with Gasteiger partial charge in [-0.25, -0.2) is 14.6 Å². The molecule has 2 heterocycles. The molecule has 3 N–H and O–H groups in total. The molecule has 2 fully saturated rings. The Bertz CT molecular complexity index is 1100. The predicted octanol–water partition coefficient (Wildman–Crippen LogP) is 4.24. The number of para-hydroxylation sites is 1. The maximum atomic E-state index is 13.8. The van der Waals surface area contributed by atoms with Crippen LogP contribution in [-0.2, 0) is 23.4 Å². The van der Waals surface area contributed by atoms with Gasteiger partial charge in [-0.2, -0.15) is 10.2 Å². The number of rotatable bonds is 11. The monoisotopic (exact) mass is 545 g/mol. The second-order valence-electron chi connectivity index (χ2n) is 9.41. The number of ether oxygens (including phenoxy) is 2. The Morgan fingerprint density at radius 2 is 2.03 bits per heavy atom. The number of hydrogen-bond donors (Lipinski definition) is 2. The van der Waals surface area contributed by atoms with Crippen LogP contribution >= 0.6 is 7.75 Å². The Labute approximate surface area is 223 Å². The number of hydrazone groups is 1. The molecule has 0 aromatic heterocycles. The number of benzene rings is 1. The molecule has 3 unspecified atom stereocenters. The van der Waals surface area contributed by atoms with Gasteiger partial charge in [0, 0.05) is 0 Å². The number of aliphatic imine (C=N–C) groups is 1. The number of nitrogens with two attached hydrogens (primary N) is 1. The van der Waals surface area contributed by atoms with E-state index in [1.165, 1.54) is 6.34 Å². The summed E-state index contributed by atoms with van der Waals surface area (Å²) in [4.78, 5) is 16.8. The standard InChI is InChI=1S/C26H36N5O6P/c1-3-10-23-25(27)28-18-29-31(23)24-16-15-22(35-24)17-34-38(33,37-21-13-8-5-9-14-21)30-19(2)26(32)36-20-11-6-4-7-12-20/h3,5,8-10,13-14,18-20,22,24H,1,4,6-7,11-12,15-17H2,2H3,(H,30,33)(H2,27,28,29)/b23-10-/t19?,22?,24-,38?/m1/s1. The van der Waals surface area contributed by atoms with Crippen LogP contribution < -0.4 is 15.3 Å². The van der Waals surface area contributed by atoms with E-state index in [-0.39, 0.29) is 18.8 Å². The Kier molecular flexibility index (Phi) is 9.74. The molecule has 206 valence electrons. The van der Waals surface area contributed by atoms with Crippen LogP contribution in [0.3, 0.4) is 0 Å². The maximum Gasteiger partial charge on any atom is 0.459 e. The van der Waals surface area contributed by atoms with Gasteiger partial charge in [-0.05, 0) is 63.7 Å². The van der Waals surface area contributed by atoms with Gasteiger partial charge in [-0.15, -0.1) is 0 Å². The summed E-state index contributed by atoms with van der Waals surface area (Å²) in [6.45, 7) is 5.27. The lowest BCUT2D eigenvalue weighted by molar-refractivity contribution is -0.152. The van der Waals surface area contributed by atoms with Crippen LogP contribution in [0.4, 0.5) is 0 Å². The van der Waals surface area contributed by atoms with Crippen LogP contribution in [0.5, 0.6) is 5.75 Å². The minimum Gasteiger partial charge on any atom is -0.461 e. The van der Waals surface area contributed by atoms with Gasteiger partial charge in [-0.3, -0.25) is 9.32 Å². The van der Waals surface area contributed by atoms with Gasteiger partial charge in [0.1, 0.15) is 29.9 Å². The van der Waals surface area contributed by atoms with Crippen molar-refractivity contribution in [1.29, 1.82) is 0 Å². The highest BCUT2D eigenvalue weighted by atomic mass is 31.2. The van der Waals surface area contributed by atoms with Crippen molar-refractivity contribution >= 4 is 25.9 Å². The number of nitrogens with one attached hydrogen (secondary N) is 1. The number of amidine groups is 1. The lowest BCUT2D eigenvalue weighted by Gasteiger charge is -2.29. The van der Waals surface area contributed by atoms with Gasteiger partial charge in [0.15, 0.2) is 12.1 Å². The van der Waals surface area contributed by atoms with E-state index in [1.54, 1.807) is 48.4 Å². The topological polar surface area (TPSA) is 137 Å². The number of carbonyl (C=O) groups is 1. The highest BCUT2D eigenvalue weighted by Gasteiger charge is 2.37. The number of allylic oxidation sites excluding steroid dienone is 2. The highest BCUT2D eigenvalue weighted by molar-refractivity contribution is 7.52. The fourth-order valence-corrected chi connectivity index (χ4v) is 6.03. The first-order valence-electron chi connectivity index (χ1n) is 13.0. The Hall–Kier alpha value is -2.98. The van der Waals surface area contributed by atoms with E-state index in [1.807, 2.05) is 6.07 Å². The molecule has 11 nitrogen and oxygen atoms in total. The van der Waals surface area contributed by atoms with Gasteiger partial charge in [0.2, 0.25) is 0 Å². The minimum absolute atomic E-state index is 0.0281. The van der Waals surface area contributed by atoms with Gasteiger partial charge < -0.3 is 19.7 Å². The highest BCUT2D eigenvalue weighted by Crippen LogP contribution is 2.45. The molecule has 1 aromatic carbocycles. The minimum atomic E-state index is -3.98.